The van der Waals surface area contributed by atoms with Gasteiger partial charge in [-0.2, -0.15) is 0 Å². The molecule has 3 nitrogen and oxygen atoms in total. The lowest BCUT2D eigenvalue weighted by molar-refractivity contribution is 0.532. The van der Waals surface area contributed by atoms with Crippen LogP contribution in [-0.2, 0) is 0 Å². The maximum absolute atomic E-state index is 5.30. The largest absolute Gasteiger partial charge is 0.257 e. The second-order valence-corrected chi connectivity index (χ2v) is 16.5. The van der Waals surface area contributed by atoms with Gasteiger partial charge in [0.25, 0.3) is 0 Å². The summed E-state index contributed by atoms with van der Waals surface area (Å²) in [6.45, 7) is 2.26. The first-order chi connectivity index (χ1) is 29.2. The number of hydrogen-bond donors (Lipinski definition) is 0. The lowest BCUT2D eigenvalue weighted by Gasteiger charge is -2.30. The number of benzene rings is 8. The van der Waals surface area contributed by atoms with Crippen LogP contribution in [0.4, 0.5) is 0 Å². The second-order valence-electron chi connectivity index (χ2n) is 15.4. The SMILES string of the molecule is CCC1C(c2ccc3c(c2)sc2cc(-c4ccc5nc(-c6ccc(-c7cccc8ccccc78)cc6)ccc5c4)ccc23)=NC(c2ccccc2)=NC1c1ccccc1. The normalized spacial score (nSPS) is 15.5. The Morgan fingerprint density at radius 1 is 0.475 bits per heavy atom. The number of pyridine rings is 1. The van der Waals surface area contributed by atoms with Gasteiger partial charge < -0.3 is 0 Å². The molecule has 0 aliphatic carbocycles. The van der Waals surface area contributed by atoms with Gasteiger partial charge >= 0.3 is 0 Å². The van der Waals surface area contributed by atoms with Crippen LogP contribution >= 0.6 is 11.3 Å². The molecule has 0 N–H and O–H groups in total. The average molecular weight is 774 g/mol. The molecule has 2 aromatic heterocycles. The molecular weight excluding hydrogens is 735 g/mol. The summed E-state index contributed by atoms with van der Waals surface area (Å²) in [7, 11) is 0. The predicted octanol–water partition coefficient (Wildman–Crippen LogP) is 14.8. The van der Waals surface area contributed by atoms with Crippen molar-refractivity contribution in [3.63, 3.8) is 0 Å². The molecule has 11 rings (SSSR count). The van der Waals surface area contributed by atoms with Gasteiger partial charge in [0.05, 0.1) is 23.0 Å². The van der Waals surface area contributed by atoms with Crippen molar-refractivity contribution < 1.29 is 0 Å². The highest BCUT2D eigenvalue weighted by atomic mass is 32.1. The van der Waals surface area contributed by atoms with E-state index in [1.807, 2.05) is 17.4 Å². The number of hydrogen-bond acceptors (Lipinski definition) is 4. The fraction of sp³-hybridized carbons (Fsp3) is 0.0727. The van der Waals surface area contributed by atoms with Gasteiger partial charge in [0.2, 0.25) is 0 Å². The van der Waals surface area contributed by atoms with Crippen LogP contribution < -0.4 is 0 Å². The molecule has 0 radical (unpaired) electrons. The zero-order valence-corrected chi connectivity index (χ0v) is 33.4. The monoisotopic (exact) mass is 773 g/mol. The maximum atomic E-state index is 5.30. The summed E-state index contributed by atoms with van der Waals surface area (Å²) in [5.41, 5.74) is 12.5. The van der Waals surface area contributed by atoms with E-state index >= 15 is 0 Å². The van der Waals surface area contributed by atoms with Crippen molar-refractivity contribution >= 4 is 64.7 Å². The maximum Gasteiger partial charge on any atom is 0.155 e. The van der Waals surface area contributed by atoms with Crippen LogP contribution in [0.3, 0.4) is 0 Å². The Balaban J connectivity index is 0.895. The van der Waals surface area contributed by atoms with E-state index in [1.54, 1.807) is 0 Å². The zero-order chi connectivity index (χ0) is 39.3. The predicted molar refractivity (Wildman–Crippen MR) is 251 cm³/mol. The van der Waals surface area contributed by atoms with Gasteiger partial charge in [-0.1, -0.05) is 171 Å². The van der Waals surface area contributed by atoms with Crippen molar-refractivity contribution in [2.45, 2.75) is 19.4 Å². The van der Waals surface area contributed by atoms with E-state index in [9.17, 15) is 0 Å². The minimum atomic E-state index is 0.00111. The summed E-state index contributed by atoms with van der Waals surface area (Å²) >= 11 is 1.86. The highest BCUT2D eigenvalue weighted by Gasteiger charge is 2.32. The molecule has 8 aromatic carbocycles. The fourth-order valence-electron chi connectivity index (χ4n) is 8.86. The Morgan fingerprint density at radius 3 is 1.92 bits per heavy atom. The average Bonchev–Trinajstić information content (AvgIpc) is 3.68. The molecule has 0 amide bonds. The van der Waals surface area contributed by atoms with Gasteiger partial charge in [0.1, 0.15) is 0 Å². The van der Waals surface area contributed by atoms with Crippen molar-refractivity contribution in [1.29, 1.82) is 0 Å². The minimum absolute atomic E-state index is 0.00111. The lowest BCUT2D eigenvalue weighted by atomic mass is 9.83. The van der Waals surface area contributed by atoms with E-state index in [1.165, 1.54) is 64.3 Å². The molecule has 4 heteroatoms. The van der Waals surface area contributed by atoms with Crippen molar-refractivity contribution in [3.8, 4) is 33.5 Å². The van der Waals surface area contributed by atoms with E-state index in [0.717, 1.165) is 45.7 Å². The highest BCUT2D eigenvalue weighted by Crippen LogP contribution is 2.41. The molecule has 0 saturated carbocycles. The van der Waals surface area contributed by atoms with Crippen LogP contribution in [0.2, 0.25) is 0 Å². The Morgan fingerprint density at radius 2 is 1.12 bits per heavy atom. The van der Waals surface area contributed by atoms with E-state index < -0.39 is 0 Å². The molecule has 0 spiro atoms. The van der Waals surface area contributed by atoms with Crippen LogP contribution in [0.1, 0.15) is 36.1 Å². The topological polar surface area (TPSA) is 37.6 Å². The van der Waals surface area contributed by atoms with E-state index in [-0.39, 0.29) is 12.0 Å². The summed E-state index contributed by atoms with van der Waals surface area (Å²) in [5.74, 6) is 0.969. The van der Waals surface area contributed by atoms with Gasteiger partial charge in [-0.15, -0.1) is 11.3 Å². The standard InChI is InChI=1S/C55H39N3S/c1-2-44-53(38-13-5-3-6-14-38)57-55(39-15-7-4-8-16-39)58-54(44)43-25-29-48-47-28-24-41(33-51(47)59-52(48)34-43)40-26-30-50-42(32-40)27-31-49(56-50)37-22-20-36(21-23-37)46-19-11-17-35-12-9-10-18-45(35)46/h3-34,44,53H,2H2,1H3. The van der Waals surface area contributed by atoms with Crippen LogP contribution in [0.25, 0.3) is 75.4 Å². The highest BCUT2D eigenvalue weighted by molar-refractivity contribution is 7.25. The van der Waals surface area contributed by atoms with E-state index in [2.05, 4.69) is 195 Å². The number of aromatic nitrogens is 1. The first kappa shape index (κ1) is 35.2. The van der Waals surface area contributed by atoms with Crippen molar-refractivity contribution in [3.05, 3.63) is 211 Å². The molecule has 0 saturated heterocycles. The van der Waals surface area contributed by atoms with Gasteiger partial charge in [0, 0.05) is 42.6 Å². The number of aliphatic imine (C=N–C) groups is 2. The second kappa shape index (κ2) is 14.7. The molecule has 280 valence electrons. The van der Waals surface area contributed by atoms with Gasteiger partial charge in [0.15, 0.2) is 5.84 Å². The molecule has 0 fully saturated rings. The summed E-state index contributed by atoms with van der Waals surface area (Å²) in [6.07, 6.45) is 0.944. The molecular formula is C55H39N3S. The minimum Gasteiger partial charge on any atom is -0.257 e. The van der Waals surface area contributed by atoms with Crippen LogP contribution in [0, 0.1) is 5.92 Å². The third-order valence-corrected chi connectivity index (χ3v) is 13.0. The van der Waals surface area contributed by atoms with Gasteiger partial charge in [-0.05, 0) is 80.9 Å². The first-order valence-electron chi connectivity index (χ1n) is 20.4. The number of thiophene rings is 1. The van der Waals surface area contributed by atoms with Gasteiger partial charge in [-0.3, -0.25) is 4.99 Å². The summed E-state index contributed by atoms with van der Waals surface area (Å²) in [4.78, 5) is 15.7. The summed E-state index contributed by atoms with van der Waals surface area (Å²) in [5, 5.41) is 6.21. The van der Waals surface area contributed by atoms with Crippen LogP contribution in [0.15, 0.2) is 204 Å². The molecule has 59 heavy (non-hydrogen) atoms. The fourth-order valence-corrected chi connectivity index (χ4v) is 10.0. The van der Waals surface area contributed by atoms with Crippen molar-refractivity contribution in [2.75, 3.05) is 0 Å². The van der Waals surface area contributed by atoms with Crippen LogP contribution in [0.5, 0.6) is 0 Å². The first-order valence-corrected chi connectivity index (χ1v) is 21.2. The lowest BCUT2D eigenvalue weighted by Crippen LogP contribution is -2.28. The number of nitrogens with zero attached hydrogens (tertiary/aromatic N) is 3. The van der Waals surface area contributed by atoms with E-state index in [0.29, 0.717) is 0 Å². The third-order valence-electron chi connectivity index (χ3n) is 11.9. The van der Waals surface area contributed by atoms with Crippen molar-refractivity contribution in [2.24, 2.45) is 15.9 Å². The quantitative estimate of drug-likeness (QED) is 0.159. The van der Waals surface area contributed by atoms with E-state index in [4.69, 9.17) is 15.0 Å². The molecule has 10 aromatic rings. The molecule has 3 heterocycles. The molecule has 2 unspecified atom stereocenters. The Bertz CT molecular complexity index is 3250. The molecule has 1 aliphatic rings. The zero-order valence-electron chi connectivity index (χ0n) is 32.6. The van der Waals surface area contributed by atoms with Crippen LogP contribution in [-0.4, -0.2) is 16.5 Å². The number of amidine groups is 1. The Labute approximate surface area is 347 Å². The van der Waals surface area contributed by atoms with Crippen molar-refractivity contribution in [1.82, 2.24) is 4.98 Å². The number of rotatable bonds is 7. The molecule has 2 atom stereocenters. The summed E-state index contributed by atoms with van der Waals surface area (Å²) in [6, 6.07) is 69.7. The Kier molecular flexibility index (Phi) is 8.79. The third kappa shape index (κ3) is 6.43. The molecule has 1 aliphatic heterocycles. The molecule has 0 bridgehead atoms. The summed E-state index contributed by atoms with van der Waals surface area (Å²) < 4.78 is 2.55. The smallest absolute Gasteiger partial charge is 0.155 e. The number of fused-ring (bicyclic) bond motifs is 5. The van der Waals surface area contributed by atoms with Gasteiger partial charge in [-0.25, -0.2) is 9.98 Å². The Hall–Kier alpha value is -7.01.